The lowest BCUT2D eigenvalue weighted by Crippen LogP contribution is -2.36. The highest BCUT2D eigenvalue weighted by Crippen LogP contribution is 2.26. The Morgan fingerprint density at radius 2 is 2.35 bits per heavy atom. The van der Waals surface area contributed by atoms with E-state index in [0.29, 0.717) is 17.3 Å². The highest BCUT2D eigenvalue weighted by atomic mass is 35.5. The minimum atomic E-state index is -0.589. The van der Waals surface area contributed by atoms with Gasteiger partial charge in [-0.25, -0.2) is 0 Å². The fourth-order valence-corrected chi connectivity index (χ4v) is 1.42. The standard InChI is InChI=1S/C13H16ClNO2/c1-4-7-15-13(16)10(3)17-12-8-9(2)5-6-11(12)14/h4-6,8,10H,1,7H2,2-3H3,(H,15,16). The number of aryl methyl sites for hydroxylation is 1. The monoisotopic (exact) mass is 253 g/mol. The van der Waals surface area contributed by atoms with E-state index in [-0.39, 0.29) is 5.91 Å². The van der Waals surface area contributed by atoms with Crippen LogP contribution in [0.4, 0.5) is 0 Å². The Hall–Kier alpha value is -1.48. The number of carbonyl (C=O) groups is 1. The number of nitrogens with one attached hydrogen (secondary N) is 1. The average Bonchev–Trinajstić information content (AvgIpc) is 2.30. The van der Waals surface area contributed by atoms with Crippen LogP contribution >= 0.6 is 11.6 Å². The molecule has 0 radical (unpaired) electrons. The lowest BCUT2D eigenvalue weighted by molar-refractivity contribution is -0.127. The van der Waals surface area contributed by atoms with Crippen molar-refractivity contribution in [1.82, 2.24) is 5.32 Å². The summed E-state index contributed by atoms with van der Waals surface area (Å²) in [5.41, 5.74) is 1.03. The molecule has 1 aromatic carbocycles. The van der Waals surface area contributed by atoms with Crippen molar-refractivity contribution >= 4 is 17.5 Å². The van der Waals surface area contributed by atoms with Crippen molar-refractivity contribution in [3.05, 3.63) is 41.4 Å². The Bertz CT molecular complexity index is 418. The van der Waals surface area contributed by atoms with Gasteiger partial charge in [-0.1, -0.05) is 23.7 Å². The fraction of sp³-hybridized carbons (Fsp3) is 0.308. The molecular formula is C13H16ClNO2. The maximum Gasteiger partial charge on any atom is 0.261 e. The molecule has 4 heteroatoms. The van der Waals surface area contributed by atoms with Gasteiger partial charge in [-0.15, -0.1) is 6.58 Å². The second kappa shape index (κ2) is 6.30. The van der Waals surface area contributed by atoms with Crippen LogP contribution in [0, 0.1) is 6.92 Å². The number of hydrogen-bond acceptors (Lipinski definition) is 2. The van der Waals surface area contributed by atoms with Gasteiger partial charge in [0.25, 0.3) is 5.91 Å². The second-order valence-corrected chi connectivity index (χ2v) is 4.13. The third kappa shape index (κ3) is 4.11. The third-order valence-electron chi connectivity index (χ3n) is 2.18. The van der Waals surface area contributed by atoms with Crippen LogP contribution in [-0.4, -0.2) is 18.6 Å². The zero-order chi connectivity index (χ0) is 12.8. The van der Waals surface area contributed by atoms with E-state index in [9.17, 15) is 4.79 Å². The van der Waals surface area contributed by atoms with E-state index in [2.05, 4.69) is 11.9 Å². The molecule has 0 bridgehead atoms. The summed E-state index contributed by atoms with van der Waals surface area (Å²) >= 11 is 5.98. The summed E-state index contributed by atoms with van der Waals surface area (Å²) < 4.78 is 5.51. The summed E-state index contributed by atoms with van der Waals surface area (Å²) in [7, 11) is 0. The largest absolute Gasteiger partial charge is 0.479 e. The molecular weight excluding hydrogens is 238 g/mol. The van der Waals surface area contributed by atoms with E-state index in [1.54, 1.807) is 25.1 Å². The highest BCUT2D eigenvalue weighted by molar-refractivity contribution is 6.32. The zero-order valence-electron chi connectivity index (χ0n) is 10.00. The maximum atomic E-state index is 11.6. The molecule has 1 rings (SSSR count). The lowest BCUT2D eigenvalue weighted by Gasteiger charge is -2.15. The molecule has 0 fully saturated rings. The van der Waals surface area contributed by atoms with Crippen LogP contribution < -0.4 is 10.1 Å². The van der Waals surface area contributed by atoms with Crippen molar-refractivity contribution in [1.29, 1.82) is 0 Å². The van der Waals surface area contributed by atoms with E-state index in [4.69, 9.17) is 16.3 Å². The van der Waals surface area contributed by atoms with Gasteiger partial charge in [-0.05, 0) is 31.5 Å². The summed E-state index contributed by atoms with van der Waals surface area (Å²) in [4.78, 5) is 11.6. The van der Waals surface area contributed by atoms with Gasteiger partial charge < -0.3 is 10.1 Å². The van der Waals surface area contributed by atoms with Gasteiger partial charge in [0.2, 0.25) is 0 Å². The topological polar surface area (TPSA) is 38.3 Å². The minimum Gasteiger partial charge on any atom is -0.479 e. The van der Waals surface area contributed by atoms with Gasteiger partial charge in [0.05, 0.1) is 5.02 Å². The van der Waals surface area contributed by atoms with Crippen LogP contribution in [0.1, 0.15) is 12.5 Å². The molecule has 0 aliphatic heterocycles. The van der Waals surface area contributed by atoms with Crippen molar-refractivity contribution < 1.29 is 9.53 Å². The molecule has 1 N–H and O–H groups in total. The Kier molecular flexibility index (Phi) is 5.04. The SMILES string of the molecule is C=CCNC(=O)C(C)Oc1cc(C)ccc1Cl. The van der Waals surface area contributed by atoms with Gasteiger partial charge in [-0.3, -0.25) is 4.79 Å². The first-order valence-electron chi connectivity index (χ1n) is 5.36. The van der Waals surface area contributed by atoms with E-state index in [0.717, 1.165) is 5.56 Å². The van der Waals surface area contributed by atoms with E-state index < -0.39 is 6.10 Å². The molecule has 0 aromatic heterocycles. The number of benzene rings is 1. The van der Waals surface area contributed by atoms with Crippen molar-refractivity contribution in [2.45, 2.75) is 20.0 Å². The molecule has 92 valence electrons. The molecule has 0 heterocycles. The highest BCUT2D eigenvalue weighted by Gasteiger charge is 2.15. The van der Waals surface area contributed by atoms with E-state index >= 15 is 0 Å². The lowest BCUT2D eigenvalue weighted by atomic mass is 10.2. The molecule has 17 heavy (non-hydrogen) atoms. The number of hydrogen-bond donors (Lipinski definition) is 1. The van der Waals surface area contributed by atoms with E-state index in [1.807, 2.05) is 13.0 Å². The number of ether oxygens (including phenoxy) is 1. The Morgan fingerprint density at radius 1 is 1.65 bits per heavy atom. The predicted molar refractivity (Wildman–Crippen MR) is 69.5 cm³/mol. The molecule has 0 saturated heterocycles. The maximum absolute atomic E-state index is 11.6. The molecule has 0 aliphatic carbocycles. The molecule has 1 unspecified atom stereocenters. The summed E-state index contributed by atoms with van der Waals surface area (Å²) in [5.74, 6) is 0.329. The fourth-order valence-electron chi connectivity index (χ4n) is 1.26. The molecule has 1 aromatic rings. The van der Waals surface area contributed by atoms with Crippen LogP contribution in [0.15, 0.2) is 30.9 Å². The molecule has 0 spiro atoms. The van der Waals surface area contributed by atoms with E-state index in [1.165, 1.54) is 0 Å². The van der Waals surface area contributed by atoms with Crippen molar-refractivity contribution in [3.63, 3.8) is 0 Å². The van der Waals surface area contributed by atoms with Crippen LogP contribution in [0.25, 0.3) is 0 Å². The molecule has 3 nitrogen and oxygen atoms in total. The summed E-state index contributed by atoms with van der Waals surface area (Å²) in [5, 5.41) is 3.16. The summed E-state index contributed by atoms with van der Waals surface area (Å²) in [6, 6.07) is 5.44. The van der Waals surface area contributed by atoms with Crippen molar-refractivity contribution in [3.8, 4) is 5.75 Å². The third-order valence-corrected chi connectivity index (χ3v) is 2.49. The number of rotatable bonds is 5. The van der Waals surface area contributed by atoms with Crippen molar-refractivity contribution in [2.75, 3.05) is 6.54 Å². The summed E-state index contributed by atoms with van der Waals surface area (Å²) in [6.07, 6.45) is 1.03. The minimum absolute atomic E-state index is 0.192. The normalized spacial score (nSPS) is 11.7. The molecule has 0 saturated carbocycles. The first-order valence-corrected chi connectivity index (χ1v) is 5.74. The average molecular weight is 254 g/mol. The smallest absolute Gasteiger partial charge is 0.261 e. The molecule has 0 aliphatic rings. The van der Waals surface area contributed by atoms with Gasteiger partial charge in [0, 0.05) is 6.54 Å². The Morgan fingerprint density at radius 3 is 3.00 bits per heavy atom. The Labute approximate surface area is 106 Å². The summed E-state index contributed by atoms with van der Waals surface area (Å²) in [6.45, 7) is 7.56. The predicted octanol–water partition coefficient (Wildman–Crippen LogP) is 2.72. The van der Waals surface area contributed by atoms with Crippen LogP contribution in [0.5, 0.6) is 5.75 Å². The van der Waals surface area contributed by atoms with Gasteiger partial charge >= 0.3 is 0 Å². The second-order valence-electron chi connectivity index (χ2n) is 3.73. The van der Waals surface area contributed by atoms with Crippen LogP contribution in [0.3, 0.4) is 0 Å². The molecule has 1 atom stereocenters. The quantitative estimate of drug-likeness (QED) is 0.820. The van der Waals surface area contributed by atoms with Crippen LogP contribution in [0.2, 0.25) is 5.02 Å². The van der Waals surface area contributed by atoms with Gasteiger partial charge in [0.1, 0.15) is 5.75 Å². The first kappa shape index (κ1) is 13.6. The zero-order valence-corrected chi connectivity index (χ0v) is 10.8. The number of halogens is 1. The van der Waals surface area contributed by atoms with Crippen molar-refractivity contribution in [2.24, 2.45) is 0 Å². The van der Waals surface area contributed by atoms with Gasteiger partial charge in [-0.2, -0.15) is 0 Å². The van der Waals surface area contributed by atoms with Crippen LogP contribution in [-0.2, 0) is 4.79 Å². The molecule has 1 amide bonds. The number of amides is 1. The Balaban J connectivity index is 2.66. The van der Waals surface area contributed by atoms with Gasteiger partial charge in [0.15, 0.2) is 6.10 Å². The number of carbonyl (C=O) groups excluding carboxylic acids is 1. The first-order chi connectivity index (χ1) is 8.04.